The van der Waals surface area contributed by atoms with Crippen molar-refractivity contribution in [1.29, 1.82) is 0 Å². The van der Waals surface area contributed by atoms with E-state index < -0.39 is 30.4 Å². The fourth-order valence-corrected chi connectivity index (χ4v) is 5.10. The van der Waals surface area contributed by atoms with Crippen LogP contribution >= 0.6 is 0 Å². The number of carbonyl (C=O) groups is 2. The first kappa shape index (κ1) is 25.0. The van der Waals surface area contributed by atoms with Gasteiger partial charge < -0.3 is 41.0 Å². The van der Waals surface area contributed by atoms with Crippen molar-refractivity contribution in [2.45, 2.75) is 24.5 Å². The fraction of sp³-hybridized carbons (Fsp3) is 0.375. The zero-order chi connectivity index (χ0) is 27.3. The summed E-state index contributed by atoms with van der Waals surface area (Å²) in [5.74, 6) is -0.480. The van der Waals surface area contributed by atoms with Crippen LogP contribution in [0.5, 0.6) is 5.88 Å². The Labute approximate surface area is 220 Å². The maximum Gasteiger partial charge on any atom is 0.254 e. The number of benzene rings is 1. The Hall–Kier alpha value is -4.31. The summed E-state index contributed by atoms with van der Waals surface area (Å²) in [6.07, 6.45) is -0.987. The number of rotatable bonds is 5. The molecule has 4 atom stereocenters. The molecular weight excluding hydrogens is 510 g/mol. The number of ether oxygens (including phenoxy) is 1. The molecule has 2 aliphatic rings. The topological polar surface area (TPSA) is 208 Å². The molecule has 0 saturated carbocycles. The highest BCUT2D eigenvalue weighted by molar-refractivity contribution is 6.04. The predicted molar refractivity (Wildman–Crippen MR) is 137 cm³/mol. The molecule has 2 fully saturated rings. The molecule has 0 aliphatic carbocycles. The Morgan fingerprint density at radius 2 is 1.90 bits per heavy atom. The minimum atomic E-state index is -1.46. The minimum Gasteiger partial charge on any atom is -0.494 e. The number of aliphatic hydroxyl groups excluding tert-OH is 2. The van der Waals surface area contributed by atoms with Crippen LogP contribution in [0, 0.1) is 0 Å². The summed E-state index contributed by atoms with van der Waals surface area (Å²) in [5, 5.41) is 35.4. The fourth-order valence-electron chi connectivity index (χ4n) is 5.10. The van der Waals surface area contributed by atoms with Crippen LogP contribution in [0.4, 0.5) is 11.5 Å². The van der Waals surface area contributed by atoms with E-state index in [1.165, 1.54) is 17.2 Å². The van der Waals surface area contributed by atoms with Crippen LogP contribution in [0.15, 0.2) is 37.1 Å². The minimum absolute atomic E-state index is 0.0362. The van der Waals surface area contributed by atoms with Crippen LogP contribution in [0.2, 0.25) is 0 Å². The standard InChI is InChI=1S/C24H27N9O6/c25-20-16-21(28-10-27-20)33(11-29-16)24-18(36)17(35)19(39-24)23(38)32-6-4-31(5-7-32)9-15(34)30-14-3-1-2-12-13(14)8-26-22(12)37/h1-3,8,10-11,17-19,24,26,35-37H,4-7,9H2,(H,30,34)(H2,25,27,28)/t17-,18+,19?,24+/m0/s1. The van der Waals surface area contributed by atoms with Crippen molar-refractivity contribution < 1.29 is 29.6 Å². The Morgan fingerprint density at radius 3 is 2.69 bits per heavy atom. The number of aromatic nitrogens is 5. The zero-order valence-corrected chi connectivity index (χ0v) is 20.6. The van der Waals surface area contributed by atoms with E-state index in [4.69, 9.17) is 10.5 Å². The molecule has 6 rings (SSSR count). The van der Waals surface area contributed by atoms with E-state index in [2.05, 4.69) is 25.3 Å². The number of nitrogens with two attached hydrogens (primary N) is 1. The molecule has 2 aliphatic heterocycles. The largest absolute Gasteiger partial charge is 0.494 e. The van der Waals surface area contributed by atoms with Crippen molar-refractivity contribution in [2.75, 3.05) is 43.8 Å². The molecule has 7 N–H and O–H groups in total. The van der Waals surface area contributed by atoms with Crippen LogP contribution in [0.25, 0.3) is 21.9 Å². The molecule has 1 aromatic carbocycles. The van der Waals surface area contributed by atoms with Crippen molar-refractivity contribution in [3.8, 4) is 5.88 Å². The Kier molecular flexibility index (Phi) is 6.26. The molecule has 15 heteroatoms. The number of aliphatic hydroxyl groups is 2. The van der Waals surface area contributed by atoms with Gasteiger partial charge in [-0.15, -0.1) is 0 Å². The lowest BCUT2D eigenvalue weighted by atomic mass is 10.1. The molecule has 1 unspecified atom stereocenters. The monoisotopic (exact) mass is 537 g/mol. The van der Waals surface area contributed by atoms with Gasteiger partial charge in [0, 0.05) is 43.1 Å². The van der Waals surface area contributed by atoms with E-state index in [-0.39, 0.29) is 24.1 Å². The number of piperazine rings is 1. The number of H-pyrrole nitrogens is 1. The van der Waals surface area contributed by atoms with Crippen LogP contribution < -0.4 is 11.1 Å². The molecule has 0 spiro atoms. The highest BCUT2D eigenvalue weighted by Crippen LogP contribution is 2.33. The maximum atomic E-state index is 13.2. The normalized spacial score (nSPS) is 24.0. The summed E-state index contributed by atoms with van der Waals surface area (Å²) in [4.78, 5) is 44.3. The highest BCUT2D eigenvalue weighted by atomic mass is 16.6. The van der Waals surface area contributed by atoms with Gasteiger partial charge in [0.1, 0.15) is 24.1 Å². The average Bonchev–Trinajstić information content (AvgIpc) is 3.61. The first-order valence-electron chi connectivity index (χ1n) is 12.4. The van der Waals surface area contributed by atoms with E-state index in [1.807, 2.05) is 4.90 Å². The number of fused-ring (bicyclic) bond motifs is 2. The molecule has 5 heterocycles. The summed E-state index contributed by atoms with van der Waals surface area (Å²) in [6.45, 7) is 1.63. The molecule has 2 amide bonds. The number of nitrogens with one attached hydrogen (secondary N) is 2. The molecule has 0 bridgehead atoms. The van der Waals surface area contributed by atoms with Crippen LogP contribution in [-0.2, 0) is 14.3 Å². The second kappa shape index (κ2) is 9.77. The highest BCUT2D eigenvalue weighted by Gasteiger charge is 2.49. The third-order valence-electron chi connectivity index (χ3n) is 7.18. The zero-order valence-electron chi connectivity index (χ0n) is 20.6. The van der Waals surface area contributed by atoms with Gasteiger partial charge in [0.2, 0.25) is 5.91 Å². The van der Waals surface area contributed by atoms with Crippen molar-refractivity contribution in [3.05, 3.63) is 37.1 Å². The first-order valence-corrected chi connectivity index (χ1v) is 12.4. The quantitative estimate of drug-likeness (QED) is 0.182. The summed E-state index contributed by atoms with van der Waals surface area (Å²) in [7, 11) is 0. The molecular formula is C24H27N9O6. The summed E-state index contributed by atoms with van der Waals surface area (Å²) < 4.78 is 7.24. The Morgan fingerprint density at radius 1 is 1.10 bits per heavy atom. The number of hydrogen-bond donors (Lipinski definition) is 6. The maximum absolute atomic E-state index is 13.2. The smallest absolute Gasteiger partial charge is 0.254 e. The Balaban J connectivity index is 1.06. The molecule has 2 saturated heterocycles. The van der Waals surface area contributed by atoms with Gasteiger partial charge >= 0.3 is 0 Å². The SMILES string of the molecule is Nc1ncnc2c1ncn2[C@@H]1OC(C(=O)N2CCN(CC(=O)Nc3cccc4c(O)[nH]cc34)CC2)[C@@H](O)[C@H]1O. The van der Waals surface area contributed by atoms with Crippen LogP contribution in [0.3, 0.4) is 0 Å². The predicted octanol–water partition coefficient (Wildman–Crippen LogP) is -1.00. The van der Waals surface area contributed by atoms with E-state index in [0.717, 1.165) is 0 Å². The van der Waals surface area contributed by atoms with Crippen molar-refractivity contribution in [2.24, 2.45) is 0 Å². The van der Waals surface area contributed by atoms with Gasteiger partial charge in [-0.3, -0.25) is 19.1 Å². The second-order valence-corrected chi connectivity index (χ2v) is 9.57. The number of nitrogen functional groups attached to an aromatic ring is 1. The van der Waals surface area contributed by atoms with Gasteiger partial charge in [-0.1, -0.05) is 6.07 Å². The van der Waals surface area contributed by atoms with Gasteiger partial charge in [-0.05, 0) is 12.1 Å². The number of anilines is 2. The number of nitrogens with zero attached hydrogens (tertiary/aromatic N) is 6. The van der Waals surface area contributed by atoms with E-state index in [1.54, 1.807) is 29.3 Å². The van der Waals surface area contributed by atoms with Crippen molar-refractivity contribution in [1.82, 2.24) is 34.3 Å². The van der Waals surface area contributed by atoms with Crippen LogP contribution in [-0.4, -0.2) is 112 Å². The average molecular weight is 538 g/mol. The second-order valence-electron chi connectivity index (χ2n) is 9.57. The third-order valence-corrected chi connectivity index (χ3v) is 7.18. The summed E-state index contributed by atoms with van der Waals surface area (Å²) in [6, 6.07) is 5.25. The lowest BCUT2D eigenvalue weighted by Gasteiger charge is -2.35. The van der Waals surface area contributed by atoms with Gasteiger partial charge in [-0.25, -0.2) is 15.0 Å². The number of aromatic amines is 1. The molecule has 204 valence electrons. The molecule has 4 aromatic rings. The van der Waals surface area contributed by atoms with Gasteiger partial charge in [0.15, 0.2) is 29.7 Å². The molecule has 0 radical (unpaired) electrons. The lowest BCUT2D eigenvalue weighted by molar-refractivity contribution is -0.150. The number of aromatic hydroxyl groups is 1. The lowest BCUT2D eigenvalue weighted by Crippen LogP contribution is -2.54. The van der Waals surface area contributed by atoms with Gasteiger partial charge in [0.25, 0.3) is 5.91 Å². The number of hydrogen-bond acceptors (Lipinski definition) is 11. The number of carbonyl (C=O) groups excluding carboxylic acids is 2. The molecule has 15 nitrogen and oxygen atoms in total. The van der Waals surface area contributed by atoms with Crippen LogP contribution in [0.1, 0.15) is 6.23 Å². The van der Waals surface area contributed by atoms with Crippen molar-refractivity contribution >= 4 is 45.3 Å². The Bertz CT molecular complexity index is 1550. The first-order chi connectivity index (χ1) is 18.8. The van der Waals surface area contributed by atoms with E-state index in [9.17, 15) is 24.9 Å². The third kappa shape index (κ3) is 4.40. The number of imidazole rings is 1. The number of amides is 2. The van der Waals surface area contributed by atoms with Gasteiger partial charge in [0.05, 0.1) is 18.6 Å². The van der Waals surface area contributed by atoms with Gasteiger partial charge in [-0.2, -0.15) is 0 Å². The molecule has 39 heavy (non-hydrogen) atoms. The van der Waals surface area contributed by atoms with E-state index in [0.29, 0.717) is 53.8 Å². The summed E-state index contributed by atoms with van der Waals surface area (Å²) >= 11 is 0. The molecule has 3 aromatic heterocycles. The van der Waals surface area contributed by atoms with Crippen molar-refractivity contribution in [3.63, 3.8) is 0 Å². The van der Waals surface area contributed by atoms with E-state index >= 15 is 0 Å². The summed E-state index contributed by atoms with van der Waals surface area (Å²) in [5.41, 5.74) is 7.04.